The lowest BCUT2D eigenvalue weighted by atomic mass is 10.1. The quantitative estimate of drug-likeness (QED) is 0.856. The SMILES string of the molecule is Cc1ncoc1C(=O)N1CCC[C@H]1c1cncc(CN(C)C)n1. The lowest BCUT2D eigenvalue weighted by molar-refractivity contribution is 0.0699. The summed E-state index contributed by atoms with van der Waals surface area (Å²) in [6.45, 7) is 3.20. The fourth-order valence-corrected chi connectivity index (χ4v) is 2.94. The molecule has 0 radical (unpaired) electrons. The molecule has 0 unspecified atom stereocenters. The molecule has 23 heavy (non-hydrogen) atoms. The van der Waals surface area contributed by atoms with Gasteiger partial charge in [0.2, 0.25) is 5.76 Å². The molecule has 1 atom stereocenters. The number of rotatable bonds is 4. The summed E-state index contributed by atoms with van der Waals surface area (Å²) in [5.74, 6) is 0.191. The van der Waals surface area contributed by atoms with Crippen molar-refractivity contribution in [2.24, 2.45) is 0 Å². The molecule has 1 aliphatic rings. The van der Waals surface area contributed by atoms with Gasteiger partial charge in [-0.05, 0) is 33.9 Å². The third kappa shape index (κ3) is 3.24. The Bertz CT molecular complexity index is 697. The minimum Gasteiger partial charge on any atom is -0.438 e. The number of carbonyl (C=O) groups excluding carboxylic acids is 1. The summed E-state index contributed by atoms with van der Waals surface area (Å²) in [5, 5.41) is 0. The second-order valence-corrected chi connectivity index (χ2v) is 6.10. The fraction of sp³-hybridized carbons (Fsp3) is 0.500. The Morgan fingerprint density at radius 3 is 2.96 bits per heavy atom. The molecular weight excluding hydrogens is 294 g/mol. The van der Waals surface area contributed by atoms with Crippen molar-refractivity contribution in [1.82, 2.24) is 24.8 Å². The van der Waals surface area contributed by atoms with E-state index in [9.17, 15) is 4.79 Å². The number of nitrogens with zero attached hydrogens (tertiary/aromatic N) is 5. The van der Waals surface area contributed by atoms with Crippen LogP contribution < -0.4 is 0 Å². The van der Waals surface area contributed by atoms with Gasteiger partial charge in [-0.25, -0.2) is 4.98 Å². The van der Waals surface area contributed by atoms with E-state index in [1.54, 1.807) is 19.3 Å². The number of carbonyl (C=O) groups is 1. The molecule has 2 aromatic rings. The van der Waals surface area contributed by atoms with E-state index in [2.05, 4.69) is 15.0 Å². The predicted molar refractivity (Wildman–Crippen MR) is 83.7 cm³/mol. The van der Waals surface area contributed by atoms with Gasteiger partial charge in [0.05, 0.1) is 29.3 Å². The highest BCUT2D eigenvalue weighted by atomic mass is 16.3. The average Bonchev–Trinajstić information content (AvgIpc) is 3.15. The molecule has 1 amide bonds. The van der Waals surface area contributed by atoms with Crippen LogP contribution in [0.2, 0.25) is 0 Å². The van der Waals surface area contributed by atoms with Crippen LogP contribution in [0.3, 0.4) is 0 Å². The van der Waals surface area contributed by atoms with E-state index < -0.39 is 0 Å². The first-order chi connectivity index (χ1) is 11.1. The summed E-state index contributed by atoms with van der Waals surface area (Å²) in [6, 6.07) is -0.0541. The van der Waals surface area contributed by atoms with Crippen molar-refractivity contribution < 1.29 is 9.21 Å². The minimum atomic E-state index is -0.123. The minimum absolute atomic E-state index is 0.0541. The smallest absolute Gasteiger partial charge is 0.292 e. The highest BCUT2D eigenvalue weighted by Gasteiger charge is 2.34. The molecule has 7 heteroatoms. The molecule has 0 bridgehead atoms. The van der Waals surface area contributed by atoms with Crippen LogP contribution in [0.25, 0.3) is 0 Å². The summed E-state index contributed by atoms with van der Waals surface area (Å²) < 4.78 is 5.25. The van der Waals surface area contributed by atoms with E-state index in [1.165, 1.54) is 6.39 Å². The summed E-state index contributed by atoms with van der Waals surface area (Å²) in [5.41, 5.74) is 2.36. The molecule has 0 N–H and O–H groups in total. The molecule has 0 saturated carbocycles. The number of amides is 1. The molecule has 0 spiro atoms. The Kier molecular flexibility index (Phi) is 4.38. The van der Waals surface area contributed by atoms with Crippen molar-refractivity contribution in [2.45, 2.75) is 32.4 Å². The van der Waals surface area contributed by atoms with Crippen LogP contribution in [0, 0.1) is 6.92 Å². The molecule has 0 aromatic carbocycles. The van der Waals surface area contributed by atoms with Crippen LogP contribution in [0.15, 0.2) is 23.2 Å². The normalized spacial score (nSPS) is 17.9. The van der Waals surface area contributed by atoms with E-state index in [4.69, 9.17) is 4.42 Å². The number of aryl methyl sites for hydroxylation is 1. The van der Waals surface area contributed by atoms with Crippen molar-refractivity contribution >= 4 is 5.91 Å². The zero-order valence-corrected chi connectivity index (χ0v) is 13.7. The number of oxazole rings is 1. The molecule has 0 aliphatic carbocycles. The van der Waals surface area contributed by atoms with Crippen LogP contribution in [0.1, 0.15) is 46.5 Å². The molecule has 7 nitrogen and oxygen atoms in total. The third-order valence-corrected chi connectivity index (χ3v) is 3.98. The van der Waals surface area contributed by atoms with Crippen molar-refractivity contribution in [3.8, 4) is 0 Å². The largest absolute Gasteiger partial charge is 0.438 e. The monoisotopic (exact) mass is 315 g/mol. The first-order valence-corrected chi connectivity index (χ1v) is 7.73. The summed E-state index contributed by atoms with van der Waals surface area (Å²) in [4.78, 5) is 29.6. The second-order valence-electron chi connectivity index (χ2n) is 6.10. The summed E-state index contributed by atoms with van der Waals surface area (Å²) in [7, 11) is 3.98. The Labute approximate surface area is 135 Å². The van der Waals surface area contributed by atoms with Gasteiger partial charge in [0.25, 0.3) is 5.91 Å². The fourth-order valence-electron chi connectivity index (χ4n) is 2.94. The maximum Gasteiger partial charge on any atom is 0.292 e. The highest BCUT2D eigenvalue weighted by molar-refractivity contribution is 5.92. The summed E-state index contributed by atoms with van der Waals surface area (Å²) >= 11 is 0. The first-order valence-electron chi connectivity index (χ1n) is 7.73. The van der Waals surface area contributed by atoms with Gasteiger partial charge < -0.3 is 14.2 Å². The maximum atomic E-state index is 12.7. The van der Waals surface area contributed by atoms with Gasteiger partial charge in [-0.1, -0.05) is 0 Å². The zero-order valence-electron chi connectivity index (χ0n) is 13.7. The van der Waals surface area contributed by atoms with Crippen LogP contribution in [-0.4, -0.2) is 51.3 Å². The molecule has 122 valence electrons. The molecule has 3 heterocycles. The van der Waals surface area contributed by atoms with Crippen molar-refractivity contribution in [1.29, 1.82) is 0 Å². The molecule has 1 saturated heterocycles. The number of aromatic nitrogens is 3. The molecular formula is C16H21N5O2. The average molecular weight is 315 g/mol. The summed E-state index contributed by atoms with van der Waals surface area (Å²) in [6.07, 6.45) is 6.67. The van der Waals surface area contributed by atoms with Crippen LogP contribution in [0.4, 0.5) is 0 Å². The van der Waals surface area contributed by atoms with Gasteiger partial charge in [-0.15, -0.1) is 0 Å². The molecule has 1 fully saturated rings. The van der Waals surface area contributed by atoms with Gasteiger partial charge >= 0.3 is 0 Å². The van der Waals surface area contributed by atoms with Gasteiger partial charge in [-0.2, -0.15) is 0 Å². The Morgan fingerprint density at radius 1 is 1.43 bits per heavy atom. The van der Waals surface area contributed by atoms with Crippen LogP contribution >= 0.6 is 0 Å². The maximum absolute atomic E-state index is 12.7. The Balaban J connectivity index is 1.84. The van der Waals surface area contributed by atoms with Crippen molar-refractivity contribution in [3.05, 3.63) is 41.6 Å². The van der Waals surface area contributed by atoms with Gasteiger partial charge in [-0.3, -0.25) is 14.8 Å². The van der Waals surface area contributed by atoms with Crippen LogP contribution in [0.5, 0.6) is 0 Å². The standard InChI is InChI=1S/C16H21N5O2/c1-11-15(23-10-18-11)16(22)21-6-4-5-14(21)13-8-17-7-12(19-13)9-20(2)3/h7-8,10,14H,4-6,9H2,1-3H3/t14-/m0/s1. The number of likely N-dealkylation sites (tertiary alicyclic amines) is 1. The van der Waals surface area contributed by atoms with E-state index in [1.807, 2.05) is 23.9 Å². The van der Waals surface area contributed by atoms with Crippen molar-refractivity contribution in [2.75, 3.05) is 20.6 Å². The number of hydrogen-bond donors (Lipinski definition) is 0. The first kappa shape index (κ1) is 15.6. The molecule has 1 aliphatic heterocycles. The molecule has 3 rings (SSSR count). The number of hydrogen-bond acceptors (Lipinski definition) is 6. The van der Waals surface area contributed by atoms with E-state index in [-0.39, 0.29) is 11.9 Å². The van der Waals surface area contributed by atoms with E-state index >= 15 is 0 Å². The molecule has 2 aromatic heterocycles. The Hall–Kier alpha value is -2.28. The van der Waals surface area contributed by atoms with Crippen LogP contribution in [-0.2, 0) is 6.54 Å². The van der Waals surface area contributed by atoms with E-state index in [0.29, 0.717) is 18.0 Å². The second kappa shape index (κ2) is 6.45. The lowest BCUT2D eigenvalue weighted by Crippen LogP contribution is -2.31. The Morgan fingerprint density at radius 2 is 2.26 bits per heavy atom. The lowest BCUT2D eigenvalue weighted by Gasteiger charge is -2.23. The van der Waals surface area contributed by atoms with Crippen molar-refractivity contribution in [3.63, 3.8) is 0 Å². The van der Waals surface area contributed by atoms with E-state index in [0.717, 1.165) is 30.8 Å². The predicted octanol–water partition coefficient (Wildman–Crippen LogP) is 1.81. The third-order valence-electron chi connectivity index (χ3n) is 3.98. The van der Waals surface area contributed by atoms with Gasteiger partial charge in [0, 0.05) is 19.3 Å². The van der Waals surface area contributed by atoms with Gasteiger partial charge in [0.1, 0.15) is 0 Å². The topological polar surface area (TPSA) is 75.4 Å². The highest BCUT2D eigenvalue weighted by Crippen LogP contribution is 2.32. The zero-order chi connectivity index (χ0) is 16.4. The van der Waals surface area contributed by atoms with Gasteiger partial charge in [0.15, 0.2) is 6.39 Å².